The highest BCUT2D eigenvalue weighted by Crippen LogP contribution is 2.35. The summed E-state index contributed by atoms with van der Waals surface area (Å²) in [6, 6.07) is 8.71. The number of carbonyl (C=O) groups excluding carboxylic acids is 2. The minimum atomic E-state index is -0.407. The van der Waals surface area contributed by atoms with Gasteiger partial charge in [-0.05, 0) is 63.3 Å². The third-order valence-electron chi connectivity index (χ3n) is 10.4. The molecule has 2 atom stereocenters. The van der Waals surface area contributed by atoms with Crippen LogP contribution in [0.1, 0.15) is 85.4 Å². The van der Waals surface area contributed by atoms with Crippen LogP contribution in [0.2, 0.25) is 0 Å². The number of phenols is 1. The Morgan fingerprint density at radius 3 is 2.53 bits per heavy atom. The lowest BCUT2D eigenvalue weighted by atomic mass is 9.88. The summed E-state index contributed by atoms with van der Waals surface area (Å²) < 4.78 is 11.4. The van der Waals surface area contributed by atoms with Crippen LogP contribution >= 0.6 is 0 Å². The number of aromatic hydroxyl groups is 1. The molecule has 4 N–H and O–H groups in total. The predicted molar refractivity (Wildman–Crippen MR) is 188 cm³/mol. The topological polar surface area (TPSA) is 143 Å². The van der Waals surface area contributed by atoms with Crippen LogP contribution < -0.4 is 10.6 Å². The van der Waals surface area contributed by atoms with Gasteiger partial charge in [-0.25, -0.2) is 4.79 Å². The Balaban J connectivity index is 1.00. The van der Waals surface area contributed by atoms with Crippen molar-refractivity contribution in [1.82, 2.24) is 30.2 Å². The third kappa shape index (κ3) is 6.90. The number of piperidine rings is 1. The average molecular weight is 670 g/mol. The number of urea groups is 1. The number of fused-ring (bicyclic) bond motifs is 2. The lowest BCUT2D eigenvalue weighted by molar-refractivity contribution is 0.0657. The monoisotopic (exact) mass is 669 g/mol. The molecule has 7 rings (SSSR count). The maximum Gasteiger partial charge on any atom is 0.320 e. The van der Waals surface area contributed by atoms with Gasteiger partial charge in [0.05, 0.1) is 11.7 Å². The molecule has 2 fully saturated rings. The quantitative estimate of drug-likeness (QED) is 0.187. The van der Waals surface area contributed by atoms with Gasteiger partial charge in [0.1, 0.15) is 17.3 Å². The van der Waals surface area contributed by atoms with Crippen LogP contribution in [0.15, 0.2) is 45.3 Å². The van der Waals surface area contributed by atoms with Gasteiger partial charge in [-0.3, -0.25) is 19.9 Å². The SMILES string of the molecule is CC1c2cc(C(=O)c3cc4c(CN5CCC(N6CCN(C)CC6)CC5)c(O)ccc4[nH]3)oc2C=CC1NC(=O)Nc1cc(C(C)(C)C)on1. The zero-order chi connectivity index (χ0) is 34.4. The molecule has 0 bridgehead atoms. The summed E-state index contributed by atoms with van der Waals surface area (Å²) in [6.45, 7) is 15.1. The van der Waals surface area contributed by atoms with E-state index in [4.69, 9.17) is 8.94 Å². The van der Waals surface area contributed by atoms with Gasteiger partial charge in [-0.1, -0.05) is 38.9 Å². The molecule has 0 spiro atoms. The van der Waals surface area contributed by atoms with Gasteiger partial charge in [0.15, 0.2) is 11.6 Å². The van der Waals surface area contributed by atoms with Crippen LogP contribution in [0.3, 0.4) is 0 Å². The molecule has 1 aromatic carbocycles. The Kier molecular flexibility index (Phi) is 8.89. The van der Waals surface area contributed by atoms with E-state index >= 15 is 0 Å². The van der Waals surface area contributed by atoms with Crippen molar-refractivity contribution in [2.75, 3.05) is 51.6 Å². The number of ketones is 1. The number of hydrogen-bond acceptors (Lipinski definition) is 9. The first-order valence-corrected chi connectivity index (χ1v) is 17.3. The molecule has 1 aliphatic carbocycles. The molecular weight excluding hydrogens is 622 g/mol. The first-order valence-electron chi connectivity index (χ1n) is 17.3. The van der Waals surface area contributed by atoms with Crippen LogP contribution in [0.25, 0.3) is 17.0 Å². The minimum Gasteiger partial charge on any atom is -0.508 e. The van der Waals surface area contributed by atoms with E-state index in [9.17, 15) is 14.7 Å². The molecule has 3 aromatic heterocycles. The number of hydrogen-bond donors (Lipinski definition) is 4. The van der Waals surface area contributed by atoms with Gasteiger partial charge in [0, 0.05) is 78.2 Å². The molecule has 0 saturated carbocycles. The van der Waals surface area contributed by atoms with Crippen molar-refractivity contribution in [3.63, 3.8) is 0 Å². The smallest absolute Gasteiger partial charge is 0.320 e. The lowest BCUT2D eigenvalue weighted by Gasteiger charge is -2.42. The number of phenolic OH excluding ortho intramolecular Hbond substituents is 1. The minimum absolute atomic E-state index is 0.148. The molecule has 2 unspecified atom stereocenters. The van der Waals surface area contributed by atoms with Crippen molar-refractivity contribution in [2.45, 2.75) is 70.5 Å². The molecular formula is C37H47N7O5. The number of nitrogens with zero attached hydrogens (tertiary/aromatic N) is 4. The lowest BCUT2D eigenvalue weighted by Crippen LogP contribution is -2.52. The fourth-order valence-electron chi connectivity index (χ4n) is 7.26. The van der Waals surface area contributed by atoms with Crippen molar-refractivity contribution in [3.05, 3.63) is 70.5 Å². The fraction of sp³-hybridized carbons (Fsp3) is 0.486. The number of aromatic amines is 1. The highest BCUT2D eigenvalue weighted by atomic mass is 16.5. The predicted octanol–water partition coefficient (Wildman–Crippen LogP) is 5.52. The molecule has 2 amide bonds. The second-order valence-electron chi connectivity index (χ2n) is 14.9. The van der Waals surface area contributed by atoms with Gasteiger partial charge in [-0.15, -0.1) is 0 Å². The molecule has 3 aliphatic rings. The van der Waals surface area contributed by atoms with E-state index in [0.717, 1.165) is 74.1 Å². The number of likely N-dealkylation sites (N-methyl/N-ethyl adjacent to an activating group) is 1. The summed E-state index contributed by atoms with van der Waals surface area (Å²) in [5.74, 6) is 1.64. The molecule has 2 saturated heterocycles. The number of anilines is 1. The average Bonchev–Trinajstić information content (AvgIpc) is 3.83. The van der Waals surface area contributed by atoms with E-state index < -0.39 is 6.03 Å². The van der Waals surface area contributed by atoms with Crippen LogP contribution in [0.4, 0.5) is 10.6 Å². The maximum atomic E-state index is 13.7. The van der Waals surface area contributed by atoms with Gasteiger partial charge in [0.25, 0.3) is 0 Å². The maximum absolute atomic E-state index is 13.7. The Morgan fingerprint density at radius 1 is 1.06 bits per heavy atom. The summed E-state index contributed by atoms with van der Waals surface area (Å²) >= 11 is 0. The number of benzene rings is 1. The summed E-state index contributed by atoms with van der Waals surface area (Å²) in [5, 5.41) is 21.4. The zero-order valence-corrected chi connectivity index (χ0v) is 29.0. The van der Waals surface area contributed by atoms with Gasteiger partial charge < -0.3 is 29.2 Å². The molecule has 12 nitrogen and oxygen atoms in total. The van der Waals surface area contributed by atoms with E-state index in [1.165, 1.54) is 0 Å². The number of piperazine rings is 1. The number of aromatic nitrogens is 2. The van der Waals surface area contributed by atoms with Crippen molar-refractivity contribution >= 4 is 34.6 Å². The summed E-state index contributed by atoms with van der Waals surface area (Å²) in [6.07, 6.45) is 5.89. The zero-order valence-electron chi connectivity index (χ0n) is 29.0. The van der Waals surface area contributed by atoms with Crippen LogP contribution in [0, 0.1) is 0 Å². The van der Waals surface area contributed by atoms with E-state index in [-0.39, 0.29) is 34.7 Å². The van der Waals surface area contributed by atoms with Gasteiger partial charge >= 0.3 is 6.03 Å². The van der Waals surface area contributed by atoms with Crippen LogP contribution in [0.5, 0.6) is 5.75 Å². The summed E-state index contributed by atoms with van der Waals surface area (Å²) in [4.78, 5) is 37.2. The fourth-order valence-corrected chi connectivity index (χ4v) is 7.26. The highest BCUT2D eigenvalue weighted by molar-refractivity contribution is 6.09. The van der Waals surface area contributed by atoms with Crippen molar-refractivity contribution in [3.8, 4) is 5.75 Å². The van der Waals surface area contributed by atoms with Crippen LogP contribution in [-0.2, 0) is 12.0 Å². The van der Waals surface area contributed by atoms with E-state index in [1.54, 1.807) is 24.3 Å². The van der Waals surface area contributed by atoms with Gasteiger partial charge in [-0.2, -0.15) is 0 Å². The van der Waals surface area contributed by atoms with E-state index in [0.29, 0.717) is 35.6 Å². The number of H-pyrrole nitrogens is 1. The first kappa shape index (κ1) is 33.1. The van der Waals surface area contributed by atoms with Crippen molar-refractivity contribution in [2.24, 2.45) is 0 Å². The van der Waals surface area contributed by atoms with Gasteiger partial charge in [0.2, 0.25) is 5.78 Å². The number of amides is 2. The molecule has 4 aromatic rings. The molecule has 5 heterocycles. The highest BCUT2D eigenvalue weighted by Gasteiger charge is 2.31. The molecule has 12 heteroatoms. The number of rotatable bonds is 7. The number of likely N-dealkylation sites (tertiary alicyclic amines) is 1. The number of carbonyl (C=O) groups is 2. The van der Waals surface area contributed by atoms with Crippen molar-refractivity contribution in [1.29, 1.82) is 0 Å². The molecule has 0 radical (unpaired) electrons. The molecule has 49 heavy (non-hydrogen) atoms. The Bertz CT molecular complexity index is 1860. The Morgan fingerprint density at radius 2 is 1.82 bits per heavy atom. The normalized spacial score (nSPS) is 21.2. The van der Waals surface area contributed by atoms with E-state index in [2.05, 4.69) is 42.5 Å². The summed E-state index contributed by atoms with van der Waals surface area (Å²) in [5.41, 5.74) is 2.63. The number of furan rings is 1. The van der Waals surface area contributed by atoms with Crippen LogP contribution in [-0.4, -0.2) is 100 Å². The Labute approximate surface area is 286 Å². The third-order valence-corrected chi connectivity index (χ3v) is 10.4. The Hall–Kier alpha value is -4.39. The van der Waals surface area contributed by atoms with Crippen molar-refractivity contribution < 1.29 is 23.6 Å². The molecule has 2 aliphatic heterocycles. The van der Waals surface area contributed by atoms with E-state index in [1.807, 2.05) is 45.9 Å². The molecule has 260 valence electrons. The number of nitrogens with one attached hydrogen (secondary N) is 3. The largest absolute Gasteiger partial charge is 0.508 e. The first-order chi connectivity index (χ1) is 23.4. The standard InChI is InChI=1S/C37H47N7O5/c1-22-24-19-32(48-31(24)9-7-27(22)39-36(47)40-34-20-33(49-41-34)37(2,3)4)35(46)29-18-25-26(30(45)8-6-28(25)38-29)21-43-12-10-23(11-13-43)44-16-14-42(5)15-17-44/h6-9,18-20,22-23,27,38,45H,10-17,21H2,1-5H3,(H2,39,40,41,47). The summed E-state index contributed by atoms with van der Waals surface area (Å²) in [7, 11) is 2.19. The second kappa shape index (κ2) is 13.1. The second-order valence-corrected chi connectivity index (χ2v) is 14.9.